The highest BCUT2D eigenvalue weighted by molar-refractivity contribution is 5.50. The second-order valence-electron chi connectivity index (χ2n) is 5.38. The summed E-state index contributed by atoms with van der Waals surface area (Å²) in [4.78, 5) is 0. The number of methoxy groups -OCH3 is 3. The number of aryl methyl sites for hydroxylation is 2. The Morgan fingerprint density at radius 2 is 1.65 bits per heavy atom. The zero-order valence-corrected chi connectivity index (χ0v) is 14.1. The maximum atomic E-state index is 5.68. The van der Waals surface area contributed by atoms with Crippen molar-refractivity contribution in [1.82, 2.24) is 0 Å². The molecule has 4 heteroatoms. The van der Waals surface area contributed by atoms with Gasteiger partial charge in [0, 0.05) is 0 Å². The minimum atomic E-state index is 0.616. The molecule has 0 bridgehead atoms. The lowest BCUT2D eigenvalue weighted by molar-refractivity contribution is 0.351. The van der Waals surface area contributed by atoms with Gasteiger partial charge in [-0.15, -0.1) is 0 Å². The average Bonchev–Trinajstić information content (AvgIpc) is 2.59. The van der Waals surface area contributed by atoms with Gasteiger partial charge in [0.1, 0.15) is 5.75 Å². The first kappa shape index (κ1) is 17.2. The number of hydrogen-bond donors (Lipinski definition) is 1. The predicted molar refractivity (Wildman–Crippen MR) is 92.7 cm³/mol. The molecule has 2 rings (SSSR count). The molecule has 0 aliphatic carbocycles. The first-order chi connectivity index (χ1) is 11.2. The van der Waals surface area contributed by atoms with E-state index in [0.29, 0.717) is 6.54 Å². The van der Waals surface area contributed by atoms with E-state index in [1.165, 1.54) is 11.1 Å². The van der Waals surface area contributed by atoms with E-state index in [9.17, 15) is 0 Å². The van der Waals surface area contributed by atoms with Gasteiger partial charge in [-0.2, -0.15) is 0 Å². The first-order valence-electron chi connectivity index (χ1n) is 7.78. The van der Waals surface area contributed by atoms with Crippen molar-refractivity contribution in [2.45, 2.75) is 19.3 Å². The van der Waals surface area contributed by atoms with Crippen LogP contribution in [-0.2, 0) is 19.3 Å². The van der Waals surface area contributed by atoms with Gasteiger partial charge in [0.05, 0.1) is 21.3 Å². The van der Waals surface area contributed by atoms with Crippen molar-refractivity contribution in [2.24, 2.45) is 5.73 Å². The molecule has 124 valence electrons. The standard InChI is InChI=1S/C19H25NO3/c1-21-17-6-4-5-14(12-17)7-8-16-11-15(9-10-20)13-18(22-2)19(16)23-3/h4-6,11-13H,7-10,20H2,1-3H3. The smallest absolute Gasteiger partial charge is 0.163 e. The molecule has 0 saturated carbocycles. The summed E-state index contributed by atoms with van der Waals surface area (Å²) in [6.07, 6.45) is 2.60. The number of nitrogens with two attached hydrogens (primary N) is 1. The Balaban J connectivity index is 2.24. The predicted octanol–water partition coefficient (Wildman–Crippen LogP) is 3.00. The maximum absolute atomic E-state index is 5.68. The van der Waals surface area contributed by atoms with Gasteiger partial charge in [0.15, 0.2) is 11.5 Å². The van der Waals surface area contributed by atoms with Crippen LogP contribution >= 0.6 is 0 Å². The Labute approximate surface area is 138 Å². The Bertz CT molecular complexity index is 641. The third-order valence-corrected chi connectivity index (χ3v) is 3.87. The van der Waals surface area contributed by atoms with Gasteiger partial charge in [-0.05, 0) is 60.7 Å². The molecule has 0 radical (unpaired) electrons. The Morgan fingerprint density at radius 3 is 2.30 bits per heavy atom. The molecule has 0 amide bonds. The van der Waals surface area contributed by atoms with Crippen LogP contribution in [0.1, 0.15) is 16.7 Å². The number of benzene rings is 2. The highest BCUT2D eigenvalue weighted by atomic mass is 16.5. The molecular weight excluding hydrogens is 290 g/mol. The van der Waals surface area contributed by atoms with Gasteiger partial charge in [0.25, 0.3) is 0 Å². The molecule has 0 heterocycles. The van der Waals surface area contributed by atoms with Gasteiger partial charge >= 0.3 is 0 Å². The fourth-order valence-corrected chi connectivity index (χ4v) is 2.71. The minimum Gasteiger partial charge on any atom is -0.497 e. The summed E-state index contributed by atoms with van der Waals surface area (Å²) in [7, 11) is 5.02. The van der Waals surface area contributed by atoms with E-state index >= 15 is 0 Å². The van der Waals surface area contributed by atoms with Crippen molar-refractivity contribution >= 4 is 0 Å². The summed E-state index contributed by atoms with van der Waals surface area (Å²) in [5.74, 6) is 2.44. The number of ether oxygens (including phenoxy) is 3. The molecule has 0 aliphatic rings. The molecular formula is C19H25NO3. The van der Waals surface area contributed by atoms with E-state index in [4.69, 9.17) is 19.9 Å². The topological polar surface area (TPSA) is 53.7 Å². The lowest BCUT2D eigenvalue weighted by Gasteiger charge is -2.15. The van der Waals surface area contributed by atoms with Crippen LogP contribution in [-0.4, -0.2) is 27.9 Å². The summed E-state index contributed by atoms with van der Waals surface area (Å²) < 4.78 is 16.3. The summed E-state index contributed by atoms with van der Waals surface area (Å²) in [6.45, 7) is 0.616. The molecule has 2 aromatic carbocycles. The second kappa shape index (κ2) is 8.44. The minimum absolute atomic E-state index is 0.616. The average molecular weight is 315 g/mol. The molecule has 0 spiro atoms. The SMILES string of the molecule is COc1cccc(CCc2cc(CCN)cc(OC)c2OC)c1. The van der Waals surface area contributed by atoms with Crippen molar-refractivity contribution in [3.8, 4) is 17.2 Å². The van der Waals surface area contributed by atoms with Gasteiger partial charge < -0.3 is 19.9 Å². The number of rotatable bonds is 8. The first-order valence-corrected chi connectivity index (χ1v) is 7.78. The fourth-order valence-electron chi connectivity index (χ4n) is 2.71. The van der Waals surface area contributed by atoms with E-state index in [1.54, 1.807) is 21.3 Å². The summed E-state index contributed by atoms with van der Waals surface area (Å²) in [5, 5.41) is 0. The lowest BCUT2D eigenvalue weighted by Crippen LogP contribution is -2.05. The third-order valence-electron chi connectivity index (χ3n) is 3.87. The molecule has 0 atom stereocenters. The number of hydrogen-bond acceptors (Lipinski definition) is 4. The van der Waals surface area contributed by atoms with Crippen molar-refractivity contribution < 1.29 is 14.2 Å². The molecule has 2 aromatic rings. The van der Waals surface area contributed by atoms with Gasteiger partial charge in [-0.25, -0.2) is 0 Å². The molecule has 0 aliphatic heterocycles. The largest absolute Gasteiger partial charge is 0.497 e. The van der Waals surface area contributed by atoms with Crippen molar-refractivity contribution in [2.75, 3.05) is 27.9 Å². The molecule has 4 nitrogen and oxygen atoms in total. The van der Waals surface area contributed by atoms with Crippen LogP contribution in [0.3, 0.4) is 0 Å². The van der Waals surface area contributed by atoms with Crippen LogP contribution < -0.4 is 19.9 Å². The van der Waals surface area contributed by atoms with Crippen LogP contribution in [0.15, 0.2) is 36.4 Å². The molecule has 23 heavy (non-hydrogen) atoms. The van der Waals surface area contributed by atoms with E-state index in [2.05, 4.69) is 18.2 Å². The molecule has 0 saturated heterocycles. The second-order valence-corrected chi connectivity index (χ2v) is 5.38. The molecule has 2 N–H and O–H groups in total. The van der Waals surface area contributed by atoms with E-state index in [0.717, 1.165) is 42.1 Å². The maximum Gasteiger partial charge on any atom is 0.163 e. The van der Waals surface area contributed by atoms with Crippen LogP contribution in [0, 0.1) is 0 Å². The molecule has 0 aromatic heterocycles. The van der Waals surface area contributed by atoms with E-state index in [-0.39, 0.29) is 0 Å². The third kappa shape index (κ3) is 4.39. The zero-order chi connectivity index (χ0) is 16.7. The zero-order valence-electron chi connectivity index (χ0n) is 14.1. The highest BCUT2D eigenvalue weighted by Gasteiger charge is 2.12. The fraction of sp³-hybridized carbons (Fsp3) is 0.368. The molecule has 0 fully saturated rings. The molecule has 0 unspecified atom stereocenters. The quantitative estimate of drug-likeness (QED) is 0.813. The summed E-state index contributed by atoms with van der Waals surface area (Å²) in [6, 6.07) is 12.3. The van der Waals surface area contributed by atoms with Crippen molar-refractivity contribution in [3.63, 3.8) is 0 Å². The van der Waals surface area contributed by atoms with Gasteiger partial charge in [-0.3, -0.25) is 0 Å². The van der Waals surface area contributed by atoms with E-state index in [1.807, 2.05) is 18.2 Å². The Morgan fingerprint density at radius 1 is 0.826 bits per heavy atom. The lowest BCUT2D eigenvalue weighted by atomic mass is 9.99. The van der Waals surface area contributed by atoms with Crippen molar-refractivity contribution in [1.29, 1.82) is 0 Å². The highest BCUT2D eigenvalue weighted by Crippen LogP contribution is 2.33. The summed E-state index contributed by atoms with van der Waals surface area (Å²) >= 11 is 0. The van der Waals surface area contributed by atoms with Crippen LogP contribution in [0.5, 0.6) is 17.2 Å². The Kier molecular flexibility index (Phi) is 6.29. The van der Waals surface area contributed by atoms with Crippen LogP contribution in [0.4, 0.5) is 0 Å². The van der Waals surface area contributed by atoms with Crippen molar-refractivity contribution in [3.05, 3.63) is 53.1 Å². The Hall–Kier alpha value is -2.20. The normalized spacial score (nSPS) is 10.4. The van der Waals surface area contributed by atoms with E-state index < -0.39 is 0 Å². The van der Waals surface area contributed by atoms with Crippen LogP contribution in [0.25, 0.3) is 0 Å². The van der Waals surface area contributed by atoms with Crippen LogP contribution in [0.2, 0.25) is 0 Å². The summed E-state index contributed by atoms with van der Waals surface area (Å²) in [5.41, 5.74) is 9.22. The van der Waals surface area contributed by atoms with Gasteiger partial charge in [-0.1, -0.05) is 18.2 Å². The van der Waals surface area contributed by atoms with Gasteiger partial charge in [0.2, 0.25) is 0 Å². The monoisotopic (exact) mass is 315 g/mol.